The Morgan fingerprint density at radius 3 is 2.57 bits per heavy atom. The van der Waals surface area contributed by atoms with Crippen molar-refractivity contribution in [3.8, 4) is 0 Å². The first-order chi connectivity index (χ1) is 6.57. The molecule has 1 unspecified atom stereocenters. The summed E-state index contributed by atoms with van der Waals surface area (Å²) in [6.45, 7) is -0.130. The van der Waals surface area contributed by atoms with Gasteiger partial charge in [-0.05, 0) is 12.8 Å². The number of aliphatic hydroxyl groups excluding tert-OH is 1. The molecule has 0 aliphatic carbocycles. The maximum absolute atomic E-state index is 11.0. The van der Waals surface area contributed by atoms with Gasteiger partial charge in [0.05, 0.1) is 6.54 Å². The summed E-state index contributed by atoms with van der Waals surface area (Å²) in [6, 6.07) is 0. The molecule has 0 spiro atoms. The van der Waals surface area contributed by atoms with E-state index in [0.29, 0.717) is 18.7 Å². The molecule has 0 saturated carbocycles. The van der Waals surface area contributed by atoms with E-state index in [1.54, 1.807) is 0 Å². The second kappa shape index (κ2) is 7.58. The highest BCUT2D eigenvalue weighted by atomic mass is 35.5. The van der Waals surface area contributed by atoms with Crippen molar-refractivity contribution in [1.29, 1.82) is 0 Å². The molecule has 0 radical (unpaired) electrons. The van der Waals surface area contributed by atoms with Gasteiger partial charge in [-0.25, -0.2) is 0 Å². The van der Waals surface area contributed by atoms with Crippen LogP contribution in [0, 0.1) is 0 Å². The molecule has 0 fully saturated rings. The molecule has 0 aromatic carbocycles. The first-order valence-electron chi connectivity index (χ1n) is 4.38. The minimum atomic E-state index is -1.31. The van der Waals surface area contributed by atoms with Gasteiger partial charge in [0.1, 0.15) is 6.10 Å². The van der Waals surface area contributed by atoms with Crippen LogP contribution < -0.4 is 11.1 Å². The number of aliphatic hydroxyl groups is 1. The average Bonchev–Trinajstić information content (AvgIpc) is 2.14. The fraction of sp³-hybridized carbons (Fsp3) is 0.750. The van der Waals surface area contributed by atoms with E-state index >= 15 is 0 Å². The van der Waals surface area contributed by atoms with Crippen molar-refractivity contribution in [2.75, 3.05) is 12.4 Å². The molecule has 5 nitrogen and oxygen atoms in total. The molecule has 2 amide bonds. The second-order valence-corrected chi connectivity index (χ2v) is 3.25. The van der Waals surface area contributed by atoms with E-state index in [1.165, 1.54) is 0 Å². The van der Waals surface area contributed by atoms with Crippen molar-refractivity contribution in [2.24, 2.45) is 5.73 Å². The Bertz CT molecular complexity index is 199. The lowest BCUT2D eigenvalue weighted by Crippen LogP contribution is -2.39. The molecule has 4 N–H and O–H groups in total. The number of rotatable bonds is 7. The van der Waals surface area contributed by atoms with Gasteiger partial charge in [0, 0.05) is 12.3 Å². The van der Waals surface area contributed by atoms with Gasteiger partial charge in [-0.1, -0.05) is 0 Å². The van der Waals surface area contributed by atoms with E-state index in [-0.39, 0.29) is 12.5 Å². The third-order valence-electron chi connectivity index (χ3n) is 1.61. The summed E-state index contributed by atoms with van der Waals surface area (Å²) in [5.74, 6) is -0.529. The van der Waals surface area contributed by atoms with Crippen LogP contribution in [0.1, 0.15) is 19.3 Å². The standard InChI is InChI=1S/C8H15ClN2O3/c9-4-2-1-3-7(13)11-5-6(12)8(10)14/h6,12H,1-5H2,(H2,10,14)(H,11,13). The number of unbranched alkanes of at least 4 members (excludes halogenated alkanes) is 1. The molecule has 0 heterocycles. The highest BCUT2D eigenvalue weighted by molar-refractivity contribution is 6.17. The Morgan fingerprint density at radius 2 is 2.07 bits per heavy atom. The van der Waals surface area contributed by atoms with E-state index in [9.17, 15) is 9.59 Å². The lowest BCUT2D eigenvalue weighted by atomic mass is 10.2. The largest absolute Gasteiger partial charge is 0.381 e. The monoisotopic (exact) mass is 222 g/mol. The molecule has 0 aliphatic rings. The molecule has 14 heavy (non-hydrogen) atoms. The number of carbonyl (C=O) groups is 2. The van der Waals surface area contributed by atoms with E-state index in [2.05, 4.69) is 5.32 Å². The zero-order valence-electron chi connectivity index (χ0n) is 7.83. The lowest BCUT2D eigenvalue weighted by molar-refractivity contribution is -0.127. The van der Waals surface area contributed by atoms with E-state index < -0.39 is 12.0 Å². The van der Waals surface area contributed by atoms with Gasteiger partial charge in [-0.15, -0.1) is 11.6 Å². The number of hydrogen-bond acceptors (Lipinski definition) is 3. The highest BCUT2D eigenvalue weighted by Crippen LogP contribution is 1.96. The number of amides is 2. The maximum atomic E-state index is 11.0. The number of nitrogens with two attached hydrogens (primary N) is 1. The smallest absolute Gasteiger partial charge is 0.248 e. The number of halogens is 1. The molecular formula is C8H15ClN2O3. The number of hydrogen-bond donors (Lipinski definition) is 3. The van der Waals surface area contributed by atoms with Gasteiger partial charge < -0.3 is 16.2 Å². The average molecular weight is 223 g/mol. The minimum absolute atomic E-state index is 0.130. The van der Waals surface area contributed by atoms with Gasteiger partial charge in [-0.2, -0.15) is 0 Å². The fourth-order valence-electron chi connectivity index (χ4n) is 0.780. The Morgan fingerprint density at radius 1 is 1.43 bits per heavy atom. The lowest BCUT2D eigenvalue weighted by Gasteiger charge is -2.07. The molecule has 0 saturated heterocycles. The summed E-state index contributed by atoms with van der Waals surface area (Å²) in [4.78, 5) is 21.4. The van der Waals surface area contributed by atoms with Crippen molar-refractivity contribution in [3.05, 3.63) is 0 Å². The maximum Gasteiger partial charge on any atom is 0.248 e. The van der Waals surface area contributed by atoms with Crippen LogP contribution in [0.15, 0.2) is 0 Å². The van der Waals surface area contributed by atoms with Gasteiger partial charge in [0.2, 0.25) is 11.8 Å². The van der Waals surface area contributed by atoms with Crippen LogP contribution in [0.25, 0.3) is 0 Å². The zero-order chi connectivity index (χ0) is 11.0. The molecule has 0 bridgehead atoms. The third kappa shape index (κ3) is 6.68. The summed E-state index contributed by atoms with van der Waals surface area (Å²) >= 11 is 5.42. The van der Waals surface area contributed by atoms with Crippen LogP contribution >= 0.6 is 11.6 Å². The number of nitrogens with one attached hydrogen (secondary N) is 1. The van der Waals surface area contributed by atoms with Gasteiger partial charge in [0.15, 0.2) is 0 Å². The molecular weight excluding hydrogens is 208 g/mol. The van der Waals surface area contributed by atoms with Crippen molar-refractivity contribution in [3.63, 3.8) is 0 Å². The summed E-state index contributed by atoms with van der Waals surface area (Å²) in [5, 5.41) is 11.3. The fourth-order valence-corrected chi connectivity index (χ4v) is 0.969. The normalized spacial score (nSPS) is 12.1. The van der Waals surface area contributed by atoms with Crippen LogP contribution in [0.3, 0.4) is 0 Å². The van der Waals surface area contributed by atoms with Crippen LogP contribution in [0.5, 0.6) is 0 Å². The SMILES string of the molecule is NC(=O)C(O)CNC(=O)CCCCCl. The number of primary amides is 1. The Labute approximate surface area is 87.6 Å². The van der Waals surface area contributed by atoms with Crippen LogP contribution in [-0.4, -0.2) is 35.4 Å². The molecule has 1 atom stereocenters. The molecule has 0 aliphatic heterocycles. The molecule has 82 valence electrons. The van der Waals surface area contributed by atoms with Gasteiger partial charge in [-0.3, -0.25) is 9.59 Å². The first kappa shape index (κ1) is 13.2. The summed E-state index contributed by atoms with van der Waals surface area (Å²) in [7, 11) is 0. The van der Waals surface area contributed by atoms with Crippen LogP contribution in [0.2, 0.25) is 0 Å². The molecule has 0 aromatic rings. The summed E-state index contributed by atoms with van der Waals surface area (Å²) in [5.41, 5.74) is 4.79. The Kier molecular flexibility index (Phi) is 7.14. The quantitative estimate of drug-likeness (QED) is 0.395. The van der Waals surface area contributed by atoms with Crippen molar-refractivity contribution in [2.45, 2.75) is 25.4 Å². The summed E-state index contributed by atoms with van der Waals surface area (Å²) in [6.07, 6.45) is 0.500. The van der Waals surface area contributed by atoms with Crippen LogP contribution in [-0.2, 0) is 9.59 Å². The van der Waals surface area contributed by atoms with Gasteiger partial charge in [0.25, 0.3) is 0 Å². The minimum Gasteiger partial charge on any atom is -0.381 e. The predicted molar refractivity (Wildman–Crippen MR) is 52.8 cm³/mol. The van der Waals surface area contributed by atoms with Crippen molar-refractivity contribution < 1.29 is 14.7 Å². The van der Waals surface area contributed by atoms with Gasteiger partial charge >= 0.3 is 0 Å². The zero-order valence-corrected chi connectivity index (χ0v) is 8.59. The Balaban J connectivity index is 3.48. The Hall–Kier alpha value is -0.810. The number of carbonyl (C=O) groups excluding carboxylic acids is 2. The molecule has 0 aromatic heterocycles. The van der Waals surface area contributed by atoms with Crippen LogP contribution in [0.4, 0.5) is 0 Å². The highest BCUT2D eigenvalue weighted by Gasteiger charge is 2.11. The first-order valence-corrected chi connectivity index (χ1v) is 4.91. The number of alkyl halides is 1. The van der Waals surface area contributed by atoms with Crippen molar-refractivity contribution >= 4 is 23.4 Å². The second-order valence-electron chi connectivity index (χ2n) is 2.87. The molecule has 0 rings (SSSR count). The van der Waals surface area contributed by atoms with E-state index in [0.717, 1.165) is 6.42 Å². The van der Waals surface area contributed by atoms with Crippen molar-refractivity contribution in [1.82, 2.24) is 5.32 Å². The topological polar surface area (TPSA) is 92.4 Å². The summed E-state index contributed by atoms with van der Waals surface area (Å²) < 4.78 is 0. The molecule has 6 heteroatoms. The van der Waals surface area contributed by atoms with E-state index in [1.807, 2.05) is 0 Å². The third-order valence-corrected chi connectivity index (χ3v) is 1.88. The predicted octanol–water partition coefficient (Wildman–Crippen LogP) is -0.642. The van der Waals surface area contributed by atoms with E-state index in [4.69, 9.17) is 22.4 Å².